The molecule has 1 N–H and O–H groups in total. The van der Waals surface area contributed by atoms with Crippen LogP contribution in [0.1, 0.15) is 25.6 Å². The smallest absolute Gasteiger partial charge is 0.330 e. The molecule has 0 radical (unpaired) electrons. The highest BCUT2D eigenvalue weighted by Crippen LogP contribution is 2.19. The van der Waals surface area contributed by atoms with Crippen LogP contribution >= 0.6 is 0 Å². The monoisotopic (exact) mass is 266 g/mol. The summed E-state index contributed by atoms with van der Waals surface area (Å²) in [4.78, 5) is 25.3. The number of hydrogen-bond acceptors (Lipinski definition) is 4. The van der Waals surface area contributed by atoms with Gasteiger partial charge in [-0.05, 0) is 26.8 Å². The highest BCUT2D eigenvalue weighted by molar-refractivity contribution is 5.06. The average molecular weight is 266 g/mol. The molecule has 1 unspecified atom stereocenters. The first-order valence-electron chi connectivity index (χ1n) is 6.25. The number of H-pyrrole nitrogens is 1. The highest BCUT2D eigenvalue weighted by atomic mass is 16.6. The summed E-state index contributed by atoms with van der Waals surface area (Å²) >= 11 is 0. The Morgan fingerprint density at radius 1 is 1.42 bits per heavy atom. The molecule has 2 rings (SSSR count). The summed E-state index contributed by atoms with van der Waals surface area (Å²) in [6.45, 7) is 5.99. The second-order valence-electron chi connectivity index (χ2n) is 4.81. The van der Waals surface area contributed by atoms with Crippen molar-refractivity contribution in [3.63, 3.8) is 0 Å². The Hall–Kier alpha value is -1.66. The molecule has 0 amide bonds. The fourth-order valence-corrected chi connectivity index (χ4v) is 1.80. The largest absolute Gasteiger partial charge is 0.376 e. The zero-order chi connectivity index (χ0) is 14.0. The zero-order valence-electron chi connectivity index (χ0n) is 11.3. The lowest BCUT2D eigenvalue weighted by Gasteiger charge is -2.17. The Bertz CT molecular complexity index is 585. The van der Waals surface area contributed by atoms with E-state index in [0.717, 1.165) is 0 Å². The van der Waals surface area contributed by atoms with E-state index in [0.29, 0.717) is 12.2 Å². The van der Waals surface area contributed by atoms with Crippen LogP contribution in [0.4, 0.5) is 0 Å². The standard InChI is InChI=1S/C13H18N2O4/c1-8(2)18-7-10-4-5-11(19-10)15-6-9(3)12(16)14-13(15)17/h4-6,8,10-11H,7H2,1-3H3,(H,14,16,17)/t10-,11?/m0/s1. The minimum atomic E-state index is -0.496. The SMILES string of the molecule is Cc1cn(C2C=C[C@@H](COC(C)C)O2)c(=O)[nH]c1=O. The molecule has 6 heteroatoms. The lowest BCUT2D eigenvalue weighted by molar-refractivity contribution is -0.0442. The van der Waals surface area contributed by atoms with Crippen molar-refractivity contribution in [2.45, 2.75) is 39.2 Å². The van der Waals surface area contributed by atoms with Crippen LogP contribution in [-0.4, -0.2) is 28.4 Å². The number of hydrogen-bond donors (Lipinski definition) is 1. The van der Waals surface area contributed by atoms with Crippen molar-refractivity contribution in [3.05, 3.63) is 44.8 Å². The minimum absolute atomic E-state index is 0.133. The quantitative estimate of drug-likeness (QED) is 0.815. The van der Waals surface area contributed by atoms with Gasteiger partial charge in [-0.2, -0.15) is 0 Å². The molecular weight excluding hydrogens is 248 g/mol. The molecule has 1 aromatic heterocycles. The molecule has 19 heavy (non-hydrogen) atoms. The van der Waals surface area contributed by atoms with Crippen LogP contribution in [0, 0.1) is 6.92 Å². The van der Waals surface area contributed by atoms with Crippen molar-refractivity contribution in [2.75, 3.05) is 6.61 Å². The molecule has 1 aliphatic heterocycles. The number of aromatic amines is 1. The third-order valence-corrected chi connectivity index (χ3v) is 2.82. The third kappa shape index (κ3) is 3.21. The van der Waals surface area contributed by atoms with Crippen LogP contribution in [0.25, 0.3) is 0 Å². The van der Waals surface area contributed by atoms with E-state index >= 15 is 0 Å². The fourth-order valence-electron chi connectivity index (χ4n) is 1.80. The number of rotatable bonds is 4. The van der Waals surface area contributed by atoms with Gasteiger partial charge in [0, 0.05) is 11.8 Å². The van der Waals surface area contributed by atoms with Crippen molar-refractivity contribution in [1.29, 1.82) is 0 Å². The van der Waals surface area contributed by atoms with Gasteiger partial charge < -0.3 is 9.47 Å². The first-order valence-corrected chi connectivity index (χ1v) is 6.25. The van der Waals surface area contributed by atoms with E-state index in [2.05, 4.69) is 4.98 Å². The lowest BCUT2D eigenvalue weighted by atomic mass is 10.3. The molecule has 0 saturated carbocycles. The first kappa shape index (κ1) is 13.8. The van der Waals surface area contributed by atoms with Crippen LogP contribution in [0.15, 0.2) is 27.9 Å². The van der Waals surface area contributed by atoms with E-state index in [1.54, 1.807) is 13.0 Å². The summed E-state index contributed by atoms with van der Waals surface area (Å²) in [5.41, 5.74) is -0.378. The summed E-state index contributed by atoms with van der Waals surface area (Å²) in [6.07, 6.45) is 4.61. The van der Waals surface area contributed by atoms with Crippen LogP contribution in [0.3, 0.4) is 0 Å². The lowest BCUT2D eigenvalue weighted by Crippen LogP contribution is -2.33. The van der Waals surface area contributed by atoms with Crippen molar-refractivity contribution in [1.82, 2.24) is 9.55 Å². The maximum atomic E-state index is 11.7. The molecule has 1 aliphatic rings. The topological polar surface area (TPSA) is 73.3 Å². The van der Waals surface area contributed by atoms with E-state index in [-0.39, 0.29) is 17.8 Å². The Labute approximate surface area is 110 Å². The van der Waals surface area contributed by atoms with Gasteiger partial charge in [-0.15, -0.1) is 0 Å². The molecule has 2 heterocycles. The number of nitrogens with one attached hydrogen (secondary N) is 1. The number of ether oxygens (including phenoxy) is 2. The maximum absolute atomic E-state index is 11.7. The second-order valence-corrected chi connectivity index (χ2v) is 4.81. The molecule has 2 atom stereocenters. The number of aryl methyl sites for hydroxylation is 1. The van der Waals surface area contributed by atoms with Crippen molar-refractivity contribution < 1.29 is 9.47 Å². The fraction of sp³-hybridized carbons (Fsp3) is 0.538. The van der Waals surface area contributed by atoms with Gasteiger partial charge in [-0.3, -0.25) is 14.3 Å². The molecule has 0 saturated heterocycles. The second kappa shape index (κ2) is 5.54. The molecule has 0 bridgehead atoms. The number of aromatic nitrogens is 2. The zero-order valence-corrected chi connectivity index (χ0v) is 11.3. The predicted molar refractivity (Wildman–Crippen MR) is 70.2 cm³/mol. The van der Waals surface area contributed by atoms with Crippen LogP contribution in [0.5, 0.6) is 0 Å². The first-order chi connectivity index (χ1) is 8.97. The van der Waals surface area contributed by atoms with E-state index in [1.165, 1.54) is 10.8 Å². The van der Waals surface area contributed by atoms with Gasteiger partial charge in [0.05, 0.1) is 12.7 Å². The van der Waals surface area contributed by atoms with Crippen molar-refractivity contribution >= 4 is 0 Å². The van der Waals surface area contributed by atoms with Gasteiger partial charge in [0.1, 0.15) is 6.10 Å². The van der Waals surface area contributed by atoms with Crippen molar-refractivity contribution in [2.24, 2.45) is 0 Å². The van der Waals surface area contributed by atoms with Gasteiger partial charge in [-0.1, -0.05) is 6.08 Å². The van der Waals surface area contributed by atoms with Crippen LogP contribution < -0.4 is 11.2 Å². The third-order valence-electron chi connectivity index (χ3n) is 2.82. The minimum Gasteiger partial charge on any atom is -0.376 e. The summed E-state index contributed by atoms with van der Waals surface area (Å²) in [5, 5.41) is 0. The Morgan fingerprint density at radius 3 is 2.84 bits per heavy atom. The maximum Gasteiger partial charge on any atom is 0.330 e. The normalized spacial score (nSPS) is 22.3. The molecule has 6 nitrogen and oxygen atoms in total. The van der Waals surface area contributed by atoms with E-state index in [1.807, 2.05) is 19.9 Å². The molecule has 0 fully saturated rings. The highest BCUT2D eigenvalue weighted by Gasteiger charge is 2.22. The predicted octanol–water partition coefficient (Wildman–Crippen LogP) is 0.724. The molecule has 1 aromatic rings. The van der Waals surface area contributed by atoms with Gasteiger partial charge in [-0.25, -0.2) is 4.79 Å². The summed E-state index contributed by atoms with van der Waals surface area (Å²) < 4.78 is 12.5. The molecule has 0 aliphatic carbocycles. The Balaban J connectivity index is 2.10. The van der Waals surface area contributed by atoms with Gasteiger partial charge in [0.15, 0.2) is 6.23 Å². The molecule has 0 spiro atoms. The average Bonchev–Trinajstić information content (AvgIpc) is 2.80. The summed E-state index contributed by atoms with van der Waals surface area (Å²) in [6, 6.07) is 0. The Kier molecular flexibility index (Phi) is 4.01. The number of nitrogens with zero attached hydrogens (tertiary/aromatic N) is 1. The van der Waals surface area contributed by atoms with Gasteiger partial charge in [0.25, 0.3) is 5.56 Å². The van der Waals surface area contributed by atoms with Gasteiger partial charge >= 0.3 is 5.69 Å². The summed E-state index contributed by atoms with van der Waals surface area (Å²) in [7, 11) is 0. The van der Waals surface area contributed by atoms with E-state index in [9.17, 15) is 9.59 Å². The van der Waals surface area contributed by atoms with Crippen LogP contribution in [0.2, 0.25) is 0 Å². The van der Waals surface area contributed by atoms with Gasteiger partial charge in [0.2, 0.25) is 0 Å². The molecular formula is C13H18N2O4. The van der Waals surface area contributed by atoms with E-state index in [4.69, 9.17) is 9.47 Å². The van der Waals surface area contributed by atoms with E-state index < -0.39 is 11.9 Å². The molecule has 0 aromatic carbocycles. The summed E-state index contributed by atoms with van der Waals surface area (Å²) in [5.74, 6) is 0. The Morgan fingerprint density at radius 2 is 2.16 bits per heavy atom. The van der Waals surface area contributed by atoms with Crippen molar-refractivity contribution in [3.8, 4) is 0 Å². The molecule has 104 valence electrons. The van der Waals surface area contributed by atoms with Crippen LogP contribution in [-0.2, 0) is 9.47 Å².